The van der Waals surface area contributed by atoms with E-state index >= 15 is 0 Å². The van der Waals surface area contributed by atoms with Crippen LogP contribution < -0.4 is 25.1 Å². The first kappa shape index (κ1) is 20.6. The van der Waals surface area contributed by atoms with Gasteiger partial charge in [0.05, 0.1) is 17.7 Å². The zero-order valence-corrected chi connectivity index (χ0v) is 16.2. The van der Waals surface area contributed by atoms with Gasteiger partial charge in [-0.3, -0.25) is 19.7 Å². The molecular weight excluding hydrogens is 394 g/mol. The summed E-state index contributed by atoms with van der Waals surface area (Å²) in [7, 11) is 3.41. The summed E-state index contributed by atoms with van der Waals surface area (Å²) in [6.07, 6.45) is 1.28. The van der Waals surface area contributed by atoms with Gasteiger partial charge in [0.1, 0.15) is 5.69 Å². The highest BCUT2D eigenvalue weighted by molar-refractivity contribution is 5.97. The van der Waals surface area contributed by atoms with E-state index in [0.717, 1.165) is 0 Å². The Hall–Kier alpha value is -4.15. The van der Waals surface area contributed by atoms with Crippen LogP contribution in [0.25, 0.3) is 0 Å². The number of nitro groups is 1. The van der Waals surface area contributed by atoms with Crippen molar-refractivity contribution in [2.75, 3.05) is 32.3 Å². The lowest BCUT2D eigenvalue weighted by atomic mass is 10.2. The highest BCUT2D eigenvalue weighted by atomic mass is 16.7. The van der Waals surface area contributed by atoms with Crippen LogP contribution in [0.1, 0.15) is 15.9 Å². The molecule has 0 saturated heterocycles. The van der Waals surface area contributed by atoms with Crippen molar-refractivity contribution in [1.82, 2.24) is 10.7 Å². The second-order valence-electron chi connectivity index (χ2n) is 6.44. The van der Waals surface area contributed by atoms with Crippen LogP contribution in [0.2, 0.25) is 0 Å². The number of nitro benzene ring substituents is 1. The molecule has 0 saturated carbocycles. The number of hydrogen-bond donors (Lipinski definition) is 2. The Morgan fingerprint density at radius 2 is 1.97 bits per heavy atom. The number of nitrogens with one attached hydrogen (secondary N) is 2. The van der Waals surface area contributed by atoms with E-state index in [2.05, 4.69) is 15.8 Å². The molecule has 2 amide bonds. The number of ether oxygens (including phenoxy) is 2. The first-order valence-electron chi connectivity index (χ1n) is 8.80. The lowest BCUT2D eigenvalue weighted by Crippen LogP contribution is -2.34. The number of nitrogens with zero attached hydrogens (tertiary/aromatic N) is 3. The zero-order valence-electron chi connectivity index (χ0n) is 16.2. The molecule has 11 heteroatoms. The number of hydrazone groups is 1. The molecule has 1 heterocycles. The van der Waals surface area contributed by atoms with Crippen LogP contribution in [-0.4, -0.2) is 50.4 Å². The SMILES string of the molecule is CN(C)c1ccc(C=NNC(=O)CNC(=O)c2ccc3c(c2)OCO3)cc1[N+](=O)[O-]. The molecular formula is C19H19N5O6. The molecule has 1 aliphatic rings. The molecule has 0 bridgehead atoms. The van der Waals surface area contributed by atoms with Gasteiger partial charge in [-0.2, -0.15) is 5.10 Å². The van der Waals surface area contributed by atoms with Crippen molar-refractivity contribution in [1.29, 1.82) is 0 Å². The predicted octanol–water partition coefficient (Wildman–Crippen LogP) is 1.27. The van der Waals surface area contributed by atoms with E-state index in [1.165, 1.54) is 18.3 Å². The van der Waals surface area contributed by atoms with E-state index in [1.807, 2.05) is 0 Å². The zero-order chi connectivity index (χ0) is 21.7. The number of anilines is 1. The summed E-state index contributed by atoms with van der Waals surface area (Å²) >= 11 is 0. The van der Waals surface area contributed by atoms with E-state index in [-0.39, 0.29) is 19.0 Å². The van der Waals surface area contributed by atoms with Crippen molar-refractivity contribution in [3.8, 4) is 11.5 Å². The van der Waals surface area contributed by atoms with Crippen LogP contribution in [0.5, 0.6) is 11.5 Å². The van der Waals surface area contributed by atoms with Gasteiger partial charge in [0, 0.05) is 31.3 Å². The fraction of sp³-hybridized carbons (Fsp3) is 0.211. The maximum absolute atomic E-state index is 12.1. The van der Waals surface area contributed by atoms with Crippen molar-refractivity contribution in [3.05, 3.63) is 57.6 Å². The van der Waals surface area contributed by atoms with Crippen molar-refractivity contribution in [3.63, 3.8) is 0 Å². The van der Waals surface area contributed by atoms with E-state index in [1.54, 1.807) is 43.3 Å². The number of carbonyl (C=O) groups excluding carboxylic acids is 2. The molecule has 1 aliphatic heterocycles. The van der Waals surface area contributed by atoms with E-state index < -0.39 is 16.7 Å². The van der Waals surface area contributed by atoms with Crippen molar-refractivity contribution in [2.24, 2.45) is 5.10 Å². The molecule has 0 aromatic heterocycles. The van der Waals surface area contributed by atoms with Gasteiger partial charge in [-0.15, -0.1) is 0 Å². The van der Waals surface area contributed by atoms with Crippen molar-refractivity contribution >= 4 is 29.4 Å². The molecule has 11 nitrogen and oxygen atoms in total. The molecule has 0 radical (unpaired) electrons. The average molecular weight is 413 g/mol. The quantitative estimate of drug-likeness (QED) is 0.396. The minimum absolute atomic E-state index is 0.0775. The number of rotatable bonds is 7. The first-order valence-corrected chi connectivity index (χ1v) is 8.80. The van der Waals surface area contributed by atoms with Gasteiger partial charge < -0.3 is 19.7 Å². The summed E-state index contributed by atoms with van der Waals surface area (Å²) < 4.78 is 10.4. The minimum atomic E-state index is -0.556. The highest BCUT2D eigenvalue weighted by Gasteiger charge is 2.17. The van der Waals surface area contributed by atoms with Crippen LogP contribution in [0.3, 0.4) is 0 Å². The average Bonchev–Trinajstić information content (AvgIpc) is 3.19. The number of amides is 2. The Labute approximate surface area is 171 Å². The largest absolute Gasteiger partial charge is 0.454 e. The molecule has 2 N–H and O–H groups in total. The summed E-state index contributed by atoms with van der Waals surface area (Å²) in [5, 5.41) is 17.4. The Kier molecular flexibility index (Phi) is 6.11. The summed E-state index contributed by atoms with van der Waals surface area (Å²) in [6.45, 7) is -0.202. The molecule has 0 atom stereocenters. The molecule has 156 valence electrons. The third-order valence-electron chi connectivity index (χ3n) is 4.13. The van der Waals surface area contributed by atoms with Crippen molar-refractivity contribution < 1.29 is 24.0 Å². The number of fused-ring (bicyclic) bond motifs is 1. The lowest BCUT2D eigenvalue weighted by molar-refractivity contribution is -0.384. The van der Waals surface area contributed by atoms with Crippen LogP contribution in [-0.2, 0) is 4.79 Å². The summed E-state index contributed by atoms with van der Waals surface area (Å²) in [5.41, 5.74) is 3.39. The molecule has 3 rings (SSSR count). The maximum atomic E-state index is 12.1. The minimum Gasteiger partial charge on any atom is -0.454 e. The third kappa shape index (κ3) is 4.82. The van der Waals surface area contributed by atoms with Crippen LogP contribution in [0.4, 0.5) is 11.4 Å². The van der Waals surface area contributed by atoms with Crippen LogP contribution in [0.15, 0.2) is 41.5 Å². The number of benzene rings is 2. The van der Waals surface area contributed by atoms with Crippen molar-refractivity contribution in [2.45, 2.75) is 0 Å². The smallest absolute Gasteiger partial charge is 0.293 e. The molecule has 2 aromatic carbocycles. The van der Waals surface area contributed by atoms with Crippen LogP contribution in [0, 0.1) is 10.1 Å². The molecule has 0 aliphatic carbocycles. The standard InChI is InChI=1S/C19H19N5O6/c1-23(2)14-5-3-12(7-15(14)24(27)28)9-21-22-18(25)10-20-19(26)13-4-6-16-17(8-13)30-11-29-16/h3-9H,10-11H2,1-2H3,(H,20,26)(H,22,25). The molecule has 0 fully saturated rings. The summed E-state index contributed by atoms with van der Waals surface area (Å²) in [4.78, 5) is 36.4. The number of carbonyl (C=O) groups is 2. The molecule has 0 unspecified atom stereocenters. The van der Waals surface area contributed by atoms with Gasteiger partial charge in [0.2, 0.25) is 6.79 Å². The first-order chi connectivity index (χ1) is 14.3. The third-order valence-corrected chi connectivity index (χ3v) is 4.13. The van der Waals surface area contributed by atoms with E-state index in [0.29, 0.717) is 28.3 Å². The van der Waals surface area contributed by atoms with E-state index in [4.69, 9.17) is 9.47 Å². The Balaban J connectivity index is 1.53. The Bertz CT molecular complexity index is 1020. The molecule has 0 spiro atoms. The monoisotopic (exact) mass is 413 g/mol. The normalized spacial score (nSPS) is 11.9. The van der Waals surface area contributed by atoms with E-state index in [9.17, 15) is 19.7 Å². The van der Waals surface area contributed by atoms with Gasteiger partial charge in [-0.1, -0.05) is 6.07 Å². The van der Waals surface area contributed by atoms with Gasteiger partial charge in [-0.25, -0.2) is 5.43 Å². The Morgan fingerprint density at radius 3 is 2.70 bits per heavy atom. The fourth-order valence-corrected chi connectivity index (χ4v) is 2.66. The summed E-state index contributed by atoms with van der Waals surface area (Å²) in [6, 6.07) is 9.28. The molecule has 2 aromatic rings. The van der Waals surface area contributed by atoms with Gasteiger partial charge in [0.15, 0.2) is 11.5 Å². The maximum Gasteiger partial charge on any atom is 0.293 e. The second-order valence-corrected chi connectivity index (χ2v) is 6.44. The van der Waals surface area contributed by atoms with Gasteiger partial charge in [0.25, 0.3) is 17.5 Å². The highest BCUT2D eigenvalue weighted by Crippen LogP contribution is 2.32. The lowest BCUT2D eigenvalue weighted by Gasteiger charge is -2.12. The van der Waals surface area contributed by atoms with Gasteiger partial charge in [-0.05, 0) is 24.3 Å². The number of hydrogen-bond acceptors (Lipinski definition) is 8. The Morgan fingerprint density at radius 1 is 1.20 bits per heavy atom. The van der Waals surface area contributed by atoms with Gasteiger partial charge >= 0.3 is 0 Å². The molecule has 30 heavy (non-hydrogen) atoms. The van der Waals surface area contributed by atoms with Crippen LogP contribution >= 0.6 is 0 Å². The second kappa shape index (κ2) is 8.90. The predicted molar refractivity (Wildman–Crippen MR) is 108 cm³/mol. The topological polar surface area (TPSA) is 135 Å². The fourth-order valence-electron chi connectivity index (χ4n) is 2.66. The summed E-state index contributed by atoms with van der Waals surface area (Å²) in [5.74, 6) is 0.00523.